The maximum Gasteiger partial charge on any atom is 0.369 e. The Bertz CT molecular complexity index is 583. The van der Waals surface area contributed by atoms with E-state index in [1.165, 1.54) is 0 Å². The normalized spacial score (nSPS) is 24.4. The van der Waals surface area contributed by atoms with Crippen molar-refractivity contribution in [1.29, 1.82) is 0 Å². The van der Waals surface area contributed by atoms with Gasteiger partial charge >= 0.3 is 11.9 Å². The summed E-state index contributed by atoms with van der Waals surface area (Å²) >= 11 is 0. The predicted octanol–water partition coefficient (Wildman–Crippen LogP) is -0.584. The highest BCUT2D eigenvalue weighted by Crippen LogP contribution is 2.16. The number of rotatable bonds is 2. The van der Waals surface area contributed by atoms with Crippen LogP contribution >= 0.6 is 0 Å². The largest absolute Gasteiger partial charge is 0.369 e. The molecule has 0 heterocycles. The average molecular weight is 306 g/mol. The molecule has 114 valence electrons. The van der Waals surface area contributed by atoms with Gasteiger partial charge in [0, 0.05) is 0 Å². The van der Waals surface area contributed by atoms with Gasteiger partial charge in [0.2, 0.25) is 0 Å². The number of hydrogen-bond donors (Lipinski definition) is 0. The van der Waals surface area contributed by atoms with E-state index in [2.05, 4.69) is 9.78 Å². The second-order valence-electron chi connectivity index (χ2n) is 4.70. The molecule has 8 nitrogen and oxygen atoms in total. The minimum atomic E-state index is -1.33. The summed E-state index contributed by atoms with van der Waals surface area (Å²) < 4.78 is 0. The van der Waals surface area contributed by atoms with Crippen LogP contribution in [0.5, 0.6) is 0 Å². The Kier molecular flexibility index (Phi) is 4.40. The third-order valence-electron chi connectivity index (χ3n) is 3.05. The van der Waals surface area contributed by atoms with Crippen LogP contribution in [0.3, 0.4) is 0 Å². The van der Waals surface area contributed by atoms with Gasteiger partial charge in [-0.25, -0.2) is 19.4 Å². The van der Waals surface area contributed by atoms with Gasteiger partial charge in [-0.2, -0.15) is 0 Å². The van der Waals surface area contributed by atoms with Gasteiger partial charge in [-0.1, -0.05) is 12.2 Å². The van der Waals surface area contributed by atoms with Crippen molar-refractivity contribution in [3.8, 4) is 0 Å². The first kappa shape index (κ1) is 15.5. The number of hydrogen-bond acceptors (Lipinski definition) is 8. The molecule has 2 atom stereocenters. The van der Waals surface area contributed by atoms with E-state index in [0.29, 0.717) is 0 Å². The van der Waals surface area contributed by atoms with Crippen LogP contribution in [-0.2, 0) is 38.5 Å². The minimum Gasteiger partial charge on any atom is -0.298 e. The molecule has 0 aromatic rings. The van der Waals surface area contributed by atoms with E-state index in [-0.39, 0.29) is 0 Å². The highest BCUT2D eigenvalue weighted by Gasteiger charge is 2.34. The van der Waals surface area contributed by atoms with Crippen LogP contribution in [0.25, 0.3) is 0 Å². The zero-order valence-electron chi connectivity index (χ0n) is 11.1. The van der Waals surface area contributed by atoms with Crippen molar-refractivity contribution < 1.29 is 38.5 Å². The molecule has 0 bridgehead atoms. The fourth-order valence-corrected chi connectivity index (χ4v) is 1.91. The summed E-state index contributed by atoms with van der Waals surface area (Å²) in [5.41, 5.74) is 0. The molecule has 2 unspecified atom stereocenters. The number of allylic oxidation sites excluding steroid dienone is 2. The maximum atomic E-state index is 11.6. The molecule has 2 rings (SSSR count). The number of carbonyl (C=O) groups is 6. The van der Waals surface area contributed by atoms with E-state index in [4.69, 9.17) is 0 Å². The molecule has 0 fully saturated rings. The number of Topliss-reactive ketones (excluding diaryl/α,β-unsaturated/α-hetero) is 2. The van der Waals surface area contributed by atoms with Gasteiger partial charge in [-0.15, -0.1) is 0 Å². The molecule has 0 amide bonds. The lowest BCUT2D eigenvalue weighted by Crippen LogP contribution is -2.32. The first-order chi connectivity index (χ1) is 10.4. The molecule has 2 aliphatic carbocycles. The van der Waals surface area contributed by atoms with Crippen molar-refractivity contribution in [1.82, 2.24) is 0 Å². The van der Waals surface area contributed by atoms with Crippen molar-refractivity contribution in [2.75, 3.05) is 0 Å². The van der Waals surface area contributed by atoms with Crippen LogP contribution in [-0.4, -0.2) is 35.1 Å². The zero-order valence-corrected chi connectivity index (χ0v) is 11.1. The first-order valence-corrected chi connectivity index (χ1v) is 6.28. The maximum absolute atomic E-state index is 11.6. The molecule has 0 radical (unpaired) electrons. The van der Waals surface area contributed by atoms with Crippen molar-refractivity contribution in [2.24, 2.45) is 11.8 Å². The molecular weight excluding hydrogens is 296 g/mol. The van der Waals surface area contributed by atoms with Gasteiger partial charge in [0.15, 0.2) is 23.1 Å². The third kappa shape index (κ3) is 3.40. The smallest absolute Gasteiger partial charge is 0.298 e. The van der Waals surface area contributed by atoms with Crippen molar-refractivity contribution in [3.05, 3.63) is 24.3 Å². The molecule has 0 saturated carbocycles. The van der Waals surface area contributed by atoms with Crippen LogP contribution in [0.15, 0.2) is 24.3 Å². The summed E-state index contributed by atoms with van der Waals surface area (Å²) in [6, 6.07) is 0. The van der Waals surface area contributed by atoms with Crippen LogP contribution in [0.2, 0.25) is 0 Å². The van der Waals surface area contributed by atoms with Gasteiger partial charge in [-0.05, 0) is 12.2 Å². The fraction of sp³-hybridized carbons (Fsp3) is 0.286. The molecule has 2 aliphatic rings. The first-order valence-electron chi connectivity index (χ1n) is 6.28. The van der Waals surface area contributed by atoms with E-state index in [9.17, 15) is 28.8 Å². The summed E-state index contributed by atoms with van der Waals surface area (Å²) in [5.74, 6) is -7.20. The standard InChI is InChI=1S/C14H10O8/c15-7-1-3-9(11(17)5-7)13(19)21-22-14(20)10-4-2-8(16)6-12(10)18/h1-4,9-10H,5-6H2. The molecule has 0 aromatic carbocycles. The van der Waals surface area contributed by atoms with E-state index in [0.717, 1.165) is 24.3 Å². The molecule has 22 heavy (non-hydrogen) atoms. The summed E-state index contributed by atoms with van der Waals surface area (Å²) in [6.07, 6.45) is 3.36. The summed E-state index contributed by atoms with van der Waals surface area (Å²) in [7, 11) is 0. The molecule has 0 spiro atoms. The Hall–Kier alpha value is -2.90. The Morgan fingerprint density at radius 1 is 0.773 bits per heavy atom. The zero-order chi connectivity index (χ0) is 16.3. The number of carbonyl (C=O) groups excluding carboxylic acids is 6. The summed E-state index contributed by atoms with van der Waals surface area (Å²) in [4.78, 5) is 76.5. The lowest BCUT2D eigenvalue weighted by Gasteiger charge is -2.14. The predicted molar refractivity (Wildman–Crippen MR) is 66.7 cm³/mol. The monoisotopic (exact) mass is 306 g/mol. The molecule has 8 heteroatoms. The Morgan fingerprint density at radius 2 is 1.14 bits per heavy atom. The number of ketones is 4. The second kappa shape index (κ2) is 6.25. The highest BCUT2D eigenvalue weighted by molar-refractivity contribution is 6.16. The topological polar surface area (TPSA) is 121 Å². The van der Waals surface area contributed by atoms with Gasteiger partial charge in [0.25, 0.3) is 0 Å². The van der Waals surface area contributed by atoms with Crippen molar-refractivity contribution in [2.45, 2.75) is 12.8 Å². The SMILES string of the molecule is O=C1C=CC(C(=O)OOC(=O)C2C=CC(=O)CC2=O)C(=O)C1. The van der Waals surface area contributed by atoms with Crippen LogP contribution in [0.1, 0.15) is 12.8 Å². The van der Waals surface area contributed by atoms with E-state index < -0.39 is 59.7 Å². The Balaban J connectivity index is 1.92. The lowest BCUT2D eigenvalue weighted by atomic mass is 9.94. The average Bonchev–Trinajstić information content (AvgIpc) is 2.44. The van der Waals surface area contributed by atoms with Gasteiger partial charge in [0.1, 0.15) is 11.8 Å². The van der Waals surface area contributed by atoms with Gasteiger partial charge < -0.3 is 0 Å². The van der Waals surface area contributed by atoms with E-state index in [1.807, 2.05) is 0 Å². The van der Waals surface area contributed by atoms with Crippen LogP contribution < -0.4 is 0 Å². The van der Waals surface area contributed by atoms with E-state index >= 15 is 0 Å². The second-order valence-corrected chi connectivity index (χ2v) is 4.70. The van der Waals surface area contributed by atoms with Gasteiger partial charge in [-0.3, -0.25) is 19.2 Å². The molecule has 0 aliphatic heterocycles. The fourth-order valence-electron chi connectivity index (χ4n) is 1.91. The minimum absolute atomic E-state index is 0.434. The summed E-state index contributed by atoms with van der Waals surface area (Å²) in [5, 5.41) is 0. The lowest BCUT2D eigenvalue weighted by molar-refractivity contribution is -0.262. The molecular formula is C14H10O8. The van der Waals surface area contributed by atoms with Crippen LogP contribution in [0, 0.1) is 11.8 Å². The molecule has 0 saturated heterocycles. The Morgan fingerprint density at radius 3 is 1.45 bits per heavy atom. The third-order valence-corrected chi connectivity index (χ3v) is 3.05. The quantitative estimate of drug-likeness (QED) is 0.377. The Labute approximate surface area is 123 Å². The van der Waals surface area contributed by atoms with E-state index in [1.54, 1.807) is 0 Å². The molecule has 0 aromatic heterocycles. The summed E-state index contributed by atoms with van der Waals surface area (Å²) in [6.45, 7) is 0. The highest BCUT2D eigenvalue weighted by atomic mass is 17.2. The van der Waals surface area contributed by atoms with Crippen molar-refractivity contribution in [3.63, 3.8) is 0 Å². The van der Waals surface area contributed by atoms with Crippen molar-refractivity contribution >= 4 is 35.1 Å². The molecule has 0 N–H and O–H groups in total. The van der Waals surface area contributed by atoms with Gasteiger partial charge in [0.05, 0.1) is 12.8 Å². The van der Waals surface area contributed by atoms with Crippen LogP contribution in [0.4, 0.5) is 0 Å².